The minimum Gasteiger partial charge on any atom is -0.462 e. The maximum atomic E-state index is 12.9. The van der Waals surface area contributed by atoms with E-state index in [9.17, 15) is 14.4 Å². The highest BCUT2D eigenvalue weighted by atomic mass is 16.6. The van der Waals surface area contributed by atoms with E-state index in [2.05, 4.69) is 154 Å². The van der Waals surface area contributed by atoms with Crippen LogP contribution in [-0.2, 0) is 28.6 Å². The minimum atomic E-state index is -0.809. The molecule has 0 heterocycles. The van der Waals surface area contributed by atoms with Crippen molar-refractivity contribution in [3.63, 3.8) is 0 Å². The smallest absolute Gasteiger partial charge is 0.306 e. The van der Waals surface area contributed by atoms with Gasteiger partial charge in [0.1, 0.15) is 13.2 Å². The van der Waals surface area contributed by atoms with Crippen molar-refractivity contribution in [3.05, 3.63) is 134 Å². The van der Waals surface area contributed by atoms with E-state index in [1.807, 2.05) is 0 Å². The summed E-state index contributed by atoms with van der Waals surface area (Å²) in [4.78, 5) is 38.2. The third-order valence-corrected chi connectivity index (χ3v) is 11.9. The lowest BCUT2D eigenvalue weighted by atomic mass is 10.1. The van der Waals surface area contributed by atoms with Crippen LogP contribution in [0.25, 0.3) is 0 Å². The zero-order valence-electron chi connectivity index (χ0n) is 46.4. The molecule has 1 unspecified atom stereocenters. The van der Waals surface area contributed by atoms with E-state index in [1.54, 1.807) is 0 Å². The Kier molecular flexibility index (Phi) is 55.5. The number of carbonyl (C=O) groups is 3. The first kappa shape index (κ1) is 67.5. The number of unbranched alkanes of at least 4 members (excludes halogenated alkanes) is 18. The van der Waals surface area contributed by atoms with E-state index in [4.69, 9.17) is 14.2 Å². The molecule has 6 heteroatoms. The van der Waals surface area contributed by atoms with Crippen LogP contribution in [-0.4, -0.2) is 37.2 Å². The van der Waals surface area contributed by atoms with Crippen LogP contribution in [0, 0.1) is 0 Å². The lowest BCUT2D eigenvalue weighted by molar-refractivity contribution is -0.167. The molecule has 0 aliphatic rings. The first-order chi connectivity index (χ1) is 35.5. The first-order valence-corrected chi connectivity index (χ1v) is 29.2. The average molecular weight is 996 g/mol. The molecular weight excluding hydrogens is 889 g/mol. The van der Waals surface area contributed by atoms with Crippen LogP contribution in [0.3, 0.4) is 0 Å². The van der Waals surface area contributed by atoms with Crippen LogP contribution in [0.5, 0.6) is 0 Å². The number of carbonyl (C=O) groups excluding carboxylic acids is 3. The first-order valence-electron chi connectivity index (χ1n) is 29.2. The third-order valence-electron chi connectivity index (χ3n) is 11.9. The normalized spacial score (nSPS) is 13.1. The van der Waals surface area contributed by atoms with Crippen molar-refractivity contribution in [2.45, 2.75) is 252 Å². The lowest BCUT2D eigenvalue weighted by Crippen LogP contribution is -2.30. The van der Waals surface area contributed by atoms with Crippen molar-refractivity contribution in [2.75, 3.05) is 13.2 Å². The minimum absolute atomic E-state index is 0.105. The van der Waals surface area contributed by atoms with Gasteiger partial charge < -0.3 is 14.2 Å². The van der Waals surface area contributed by atoms with Crippen molar-refractivity contribution in [3.8, 4) is 0 Å². The Hall–Kier alpha value is -4.45. The van der Waals surface area contributed by atoms with Crippen LogP contribution in [0.4, 0.5) is 0 Å². The lowest BCUT2D eigenvalue weighted by Gasteiger charge is -2.18. The largest absolute Gasteiger partial charge is 0.462 e. The van der Waals surface area contributed by atoms with E-state index in [-0.39, 0.29) is 31.1 Å². The zero-order valence-corrected chi connectivity index (χ0v) is 46.4. The zero-order chi connectivity index (χ0) is 52.2. The van der Waals surface area contributed by atoms with E-state index >= 15 is 0 Å². The van der Waals surface area contributed by atoms with Crippen molar-refractivity contribution in [2.24, 2.45) is 0 Å². The Bertz CT molecular complexity index is 1560. The predicted octanol–water partition coefficient (Wildman–Crippen LogP) is 19.8. The van der Waals surface area contributed by atoms with Gasteiger partial charge in [-0.1, -0.05) is 225 Å². The second-order valence-electron chi connectivity index (χ2n) is 18.8. The van der Waals surface area contributed by atoms with E-state index in [1.165, 1.54) is 32.1 Å². The third kappa shape index (κ3) is 56.5. The summed E-state index contributed by atoms with van der Waals surface area (Å²) in [5.41, 5.74) is 0. The van der Waals surface area contributed by atoms with Gasteiger partial charge in [-0.15, -0.1) is 0 Å². The molecule has 0 amide bonds. The molecule has 406 valence electrons. The molecule has 6 nitrogen and oxygen atoms in total. The molecule has 0 saturated heterocycles. The van der Waals surface area contributed by atoms with Gasteiger partial charge in [-0.25, -0.2) is 0 Å². The molecule has 0 N–H and O–H groups in total. The molecule has 0 aliphatic heterocycles. The standard InChI is InChI=1S/C66H106O6/c1-4-7-10-13-16-19-22-25-28-30-31-32-33-34-35-36-39-41-44-47-50-53-56-59-65(68)71-62-63(61-70-64(67)58-55-52-49-46-43-40-37-27-24-21-18-15-12-9-6-3)72-66(69)60-57-54-51-48-45-42-38-29-26-23-20-17-14-11-8-5-2/h7,9-10,12,16,18-21,23,25,27-29,31-32,34-35,37-39,41,63H,4-6,8,11,13-15,17,22,24,26,30,33,36,40,42-62H2,1-3H3/b10-7-,12-9-,19-16-,21-18-,23-20-,28-25-,32-31-,35-34-,37-27-,38-29-,41-39-. The maximum Gasteiger partial charge on any atom is 0.306 e. The van der Waals surface area contributed by atoms with Gasteiger partial charge in [0.05, 0.1) is 0 Å². The molecule has 0 fully saturated rings. The van der Waals surface area contributed by atoms with Crippen molar-refractivity contribution in [1.82, 2.24) is 0 Å². The van der Waals surface area contributed by atoms with Gasteiger partial charge in [0.25, 0.3) is 0 Å². The summed E-state index contributed by atoms with van der Waals surface area (Å²) in [5, 5.41) is 0. The van der Waals surface area contributed by atoms with Crippen LogP contribution >= 0.6 is 0 Å². The van der Waals surface area contributed by atoms with Gasteiger partial charge in [0, 0.05) is 19.3 Å². The van der Waals surface area contributed by atoms with Crippen molar-refractivity contribution >= 4 is 17.9 Å². The van der Waals surface area contributed by atoms with Gasteiger partial charge in [0.2, 0.25) is 0 Å². The number of esters is 3. The Balaban J connectivity index is 4.49. The Morgan fingerprint density at radius 2 is 0.542 bits per heavy atom. The monoisotopic (exact) mass is 995 g/mol. The number of rotatable bonds is 51. The summed E-state index contributed by atoms with van der Waals surface area (Å²) in [6.07, 6.45) is 82.9. The summed E-state index contributed by atoms with van der Waals surface area (Å²) in [7, 11) is 0. The highest BCUT2D eigenvalue weighted by molar-refractivity contribution is 5.71. The van der Waals surface area contributed by atoms with Gasteiger partial charge in [-0.2, -0.15) is 0 Å². The van der Waals surface area contributed by atoms with Crippen molar-refractivity contribution in [1.29, 1.82) is 0 Å². The SMILES string of the molecule is CC/C=C\C/C=C\C/C=C\C/C=C\C/C=C\C/C=C\CCCCCCC(=O)OCC(COC(=O)CCCCCCC/C=C\C/C=C\C/C=C\CC)OC(=O)CCCCCCC/C=C\C/C=C\CCCCCC. The summed E-state index contributed by atoms with van der Waals surface area (Å²) in [6, 6.07) is 0. The summed E-state index contributed by atoms with van der Waals surface area (Å²) in [5.74, 6) is -0.963. The molecule has 0 saturated carbocycles. The molecule has 0 spiro atoms. The fraction of sp³-hybridized carbons (Fsp3) is 0.621. The molecule has 0 aromatic heterocycles. The fourth-order valence-corrected chi connectivity index (χ4v) is 7.55. The van der Waals surface area contributed by atoms with Crippen LogP contribution < -0.4 is 0 Å². The molecule has 0 aliphatic carbocycles. The van der Waals surface area contributed by atoms with E-state index in [0.29, 0.717) is 19.3 Å². The molecule has 0 bridgehead atoms. The molecule has 1 atom stereocenters. The molecule has 0 rings (SSSR count). The van der Waals surface area contributed by atoms with Gasteiger partial charge in [-0.05, 0) is 135 Å². The number of hydrogen-bond donors (Lipinski definition) is 0. The second-order valence-corrected chi connectivity index (χ2v) is 18.8. The quantitative estimate of drug-likeness (QED) is 0.0261. The Morgan fingerprint density at radius 1 is 0.292 bits per heavy atom. The highest BCUT2D eigenvalue weighted by Crippen LogP contribution is 2.13. The molecule has 72 heavy (non-hydrogen) atoms. The number of ether oxygens (including phenoxy) is 3. The average Bonchev–Trinajstić information content (AvgIpc) is 3.38. The molecule has 0 aromatic carbocycles. The number of hydrogen-bond acceptors (Lipinski definition) is 6. The molecular formula is C66H106O6. The topological polar surface area (TPSA) is 78.9 Å². The fourth-order valence-electron chi connectivity index (χ4n) is 7.55. The van der Waals surface area contributed by atoms with Gasteiger partial charge >= 0.3 is 17.9 Å². The second kappa shape index (κ2) is 59.1. The van der Waals surface area contributed by atoms with Crippen LogP contribution in [0.15, 0.2) is 134 Å². The van der Waals surface area contributed by atoms with Crippen LogP contribution in [0.2, 0.25) is 0 Å². The van der Waals surface area contributed by atoms with Gasteiger partial charge in [0.15, 0.2) is 6.10 Å². The Morgan fingerprint density at radius 3 is 0.847 bits per heavy atom. The summed E-state index contributed by atoms with van der Waals surface area (Å²) in [6.45, 7) is 6.34. The predicted molar refractivity (Wildman–Crippen MR) is 311 cm³/mol. The molecule has 0 radical (unpaired) electrons. The summed E-state index contributed by atoms with van der Waals surface area (Å²) < 4.78 is 16.8. The Labute approximate surface area is 443 Å². The maximum absolute atomic E-state index is 12.9. The highest BCUT2D eigenvalue weighted by Gasteiger charge is 2.19. The van der Waals surface area contributed by atoms with E-state index in [0.717, 1.165) is 173 Å². The number of allylic oxidation sites excluding steroid dienone is 22. The van der Waals surface area contributed by atoms with Gasteiger partial charge in [-0.3, -0.25) is 14.4 Å². The molecule has 0 aromatic rings. The van der Waals surface area contributed by atoms with Crippen molar-refractivity contribution < 1.29 is 28.6 Å². The van der Waals surface area contributed by atoms with E-state index < -0.39 is 6.10 Å². The van der Waals surface area contributed by atoms with Crippen LogP contribution in [0.1, 0.15) is 245 Å². The summed E-state index contributed by atoms with van der Waals surface area (Å²) >= 11 is 0.